The van der Waals surface area contributed by atoms with E-state index in [4.69, 9.17) is 9.47 Å². The van der Waals surface area contributed by atoms with Gasteiger partial charge in [0.1, 0.15) is 5.69 Å². The number of esters is 1. The van der Waals surface area contributed by atoms with E-state index in [2.05, 4.69) is 25.3 Å². The quantitative estimate of drug-likeness (QED) is 0.284. The van der Waals surface area contributed by atoms with Crippen LogP contribution in [0.4, 0.5) is 11.4 Å². The second-order valence-electron chi connectivity index (χ2n) is 10.7. The molecule has 4 aromatic rings. The highest BCUT2D eigenvalue weighted by Gasteiger charge is 2.23. The molecule has 220 valence electrons. The van der Waals surface area contributed by atoms with Gasteiger partial charge in [-0.3, -0.25) is 14.5 Å². The summed E-state index contributed by atoms with van der Waals surface area (Å²) in [6.45, 7) is 7.82. The first kappa shape index (κ1) is 30.2. The Labute approximate surface area is 244 Å². The number of hydrogen-bond acceptors (Lipinski definition) is 9. The van der Waals surface area contributed by atoms with Gasteiger partial charge in [0, 0.05) is 17.3 Å². The minimum Gasteiger partial charge on any atom is -0.492 e. The molecule has 0 fully saturated rings. The number of benzene rings is 2. The van der Waals surface area contributed by atoms with E-state index < -0.39 is 21.9 Å². The van der Waals surface area contributed by atoms with Gasteiger partial charge in [-0.2, -0.15) is 0 Å². The first-order valence-electron chi connectivity index (χ1n) is 12.8. The Balaban J connectivity index is 1.69. The van der Waals surface area contributed by atoms with Crippen LogP contribution >= 0.6 is 0 Å². The minimum absolute atomic E-state index is 0.180. The number of aryl methyl sites for hydroxylation is 1. The van der Waals surface area contributed by atoms with Crippen molar-refractivity contribution in [2.75, 3.05) is 30.5 Å². The van der Waals surface area contributed by atoms with Crippen molar-refractivity contribution in [2.24, 2.45) is 0 Å². The average molecular weight is 593 g/mol. The second-order valence-corrected chi connectivity index (χ2v) is 12.4. The molecule has 0 aliphatic heterocycles. The highest BCUT2D eigenvalue weighted by atomic mass is 32.2. The van der Waals surface area contributed by atoms with Crippen molar-refractivity contribution in [3.8, 4) is 22.7 Å². The largest absolute Gasteiger partial charge is 0.492 e. The molecule has 0 atom stereocenters. The van der Waals surface area contributed by atoms with Crippen LogP contribution in [0.1, 0.15) is 52.6 Å². The summed E-state index contributed by atoms with van der Waals surface area (Å²) in [4.78, 5) is 29.5. The molecule has 12 nitrogen and oxygen atoms in total. The van der Waals surface area contributed by atoms with E-state index in [1.54, 1.807) is 42.6 Å². The normalized spacial score (nSPS) is 11.6. The lowest BCUT2D eigenvalue weighted by atomic mass is 9.86. The lowest BCUT2D eigenvalue weighted by molar-refractivity contribution is 0.0600. The lowest BCUT2D eigenvalue weighted by Crippen LogP contribution is -2.18. The highest BCUT2D eigenvalue weighted by Crippen LogP contribution is 2.39. The van der Waals surface area contributed by atoms with E-state index in [9.17, 15) is 18.0 Å². The Bertz CT molecular complexity index is 1780. The molecule has 0 aliphatic rings. The summed E-state index contributed by atoms with van der Waals surface area (Å²) in [5.41, 5.74) is 4.09. The molecule has 0 spiro atoms. The lowest BCUT2D eigenvalue weighted by Gasteiger charge is -2.24. The van der Waals surface area contributed by atoms with Gasteiger partial charge in [0.15, 0.2) is 5.75 Å². The molecule has 2 heterocycles. The van der Waals surface area contributed by atoms with E-state index in [1.165, 1.54) is 31.3 Å². The second kappa shape index (κ2) is 11.6. The summed E-state index contributed by atoms with van der Waals surface area (Å²) >= 11 is 0. The predicted octanol–water partition coefficient (Wildman–Crippen LogP) is 4.35. The fraction of sp³-hybridized carbons (Fsp3) is 0.276. The zero-order valence-electron chi connectivity index (χ0n) is 24.3. The van der Waals surface area contributed by atoms with Crippen molar-refractivity contribution in [1.82, 2.24) is 20.0 Å². The topological polar surface area (TPSA) is 154 Å². The van der Waals surface area contributed by atoms with Crippen LogP contribution in [0.3, 0.4) is 0 Å². The van der Waals surface area contributed by atoms with Gasteiger partial charge in [-0.1, -0.05) is 32.1 Å². The number of anilines is 2. The summed E-state index contributed by atoms with van der Waals surface area (Å²) in [7, 11) is -0.930. The average Bonchev–Trinajstić information content (AvgIpc) is 3.41. The molecule has 2 aromatic carbocycles. The van der Waals surface area contributed by atoms with Crippen LogP contribution in [0.2, 0.25) is 0 Å². The van der Waals surface area contributed by atoms with Gasteiger partial charge in [-0.25, -0.2) is 17.9 Å². The summed E-state index contributed by atoms with van der Waals surface area (Å²) in [5.74, 6) is -0.781. The zero-order chi connectivity index (χ0) is 30.8. The Morgan fingerprint density at radius 3 is 2.33 bits per heavy atom. The summed E-state index contributed by atoms with van der Waals surface area (Å²) in [6.07, 6.45) is 5.64. The molecule has 0 unspecified atom stereocenters. The van der Waals surface area contributed by atoms with Crippen LogP contribution < -0.4 is 14.8 Å². The Morgan fingerprint density at radius 1 is 0.976 bits per heavy atom. The number of methoxy groups -OCH3 is 2. The molecule has 0 saturated heterocycles. The number of nitrogens with one attached hydrogen (secondary N) is 2. The zero-order valence-corrected chi connectivity index (χ0v) is 25.2. The van der Waals surface area contributed by atoms with E-state index >= 15 is 0 Å². The van der Waals surface area contributed by atoms with Gasteiger partial charge >= 0.3 is 5.97 Å². The number of nitrogens with zero attached hydrogens (tertiary/aromatic N) is 4. The standard InChI is InChI=1S/C29H32N6O6S/c1-17-8-9-18(11-22(17)25-16-35(34-32-25)21-10-19(14-30-15-21)28(37)41-6)27(36)31-23-12-20(29(2,3)4)13-24(26(23)40-5)33-42(7,38)39/h8-16,33H,1-7H3,(H,31,36). The van der Waals surface area contributed by atoms with Gasteiger partial charge in [0.25, 0.3) is 5.91 Å². The number of rotatable bonds is 8. The maximum atomic E-state index is 13.5. The SMILES string of the molecule is COC(=O)c1cncc(-n2cc(-c3cc(C(=O)Nc4cc(C(C)(C)C)cc(NS(C)(=O)=O)c4OC)ccc3C)nn2)c1. The summed E-state index contributed by atoms with van der Waals surface area (Å²) < 4.78 is 38.3. The van der Waals surface area contributed by atoms with E-state index in [1.807, 2.05) is 27.7 Å². The number of aromatic nitrogens is 4. The highest BCUT2D eigenvalue weighted by molar-refractivity contribution is 7.92. The van der Waals surface area contributed by atoms with Gasteiger partial charge < -0.3 is 14.8 Å². The third kappa shape index (κ3) is 6.74. The first-order valence-corrected chi connectivity index (χ1v) is 14.7. The third-order valence-electron chi connectivity index (χ3n) is 6.38. The Morgan fingerprint density at radius 2 is 1.69 bits per heavy atom. The van der Waals surface area contributed by atoms with Crippen LogP contribution in [-0.4, -0.2) is 60.7 Å². The Kier molecular flexibility index (Phi) is 8.34. The van der Waals surface area contributed by atoms with Gasteiger partial charge in [0.05, 0.1) is 55.5 Å². The predicted molar refractivity (Wildman–Crippen MR) is 159 cm³/mol. The molecule has 0 bridgehead atoms. The van der Waals surface area contributed by atoms with Gasteiger partial charge in [-0.05, 0) is 53.8 Å². The third-order valence-corrected chi connectivity index (χ3v) is 6.97. The maximum Gasteiger partial charge on any atom is 0.339 e. The molecule has 1 amide bonds. The molecule has 4 rings (SSSR count). The fourth-order valence-corrected chi connectivity index (χ4v) is 4.73. The van der Waals surface area contributed by atoms with Crippen molar-refractivity contribution >= 4 is 33.3 Å². The van der Waals surface area contributed by atoms with E-state index in [-0.39, 0.29) is 22.4 Å². The number of carbonyl (C=O) groups excluding carboxylic acids is 2. The van der Waals surface area contributed by atoms with Crippen LogP contribution in [-0.2, 0) is 20.2 Å². The number of pyridine rings is 1. The van der Waals surface area contributed by atoms with E-state index in [0.29, 0.717) is 28.2 Å². The Hall–Kier alpha value is -4.78. The fourth-order valence-electron chi connectivity index (χ4n) is 4.18. The van der Waals surface area contributed by atoms with Crippen LogP contribution in [0, 0.1) is 6.92 Å². The number of hydrogen-bond donors (Lipinski definition) is 2. The smallest absolute Gasteiger partial charge is 0.339 e. The van der Waals surface area contributed by atoms with Gasteiger partial charge in [0.2, 0.25) is 10.0 Å². The number of carbonyl (C=O) groups is 2. The van der Waals surface area contributed by atoms with Crippen molar-refractivity contribution in [2.45, 2.75) is 33.1 Å². The first-order chi connectivity index (χ1) is 19.7. The minimum atomic E-state index is -3.62. The summed E-state index contributed by atoms with van der Waals surface area (Å²) in [6, 6.07) is 10.2. The monoisotopic (exact) mass is 592 g/mol. The van der Waals surface area contributed by atoms with Crippen LogP contribution in [0.25, 0.3) is 16.9 Å². The molecule has 0 radical (unpaired) electrons. The number of amides is 1. The molecule has 0 saturated carbocycles. The van der Waals surface area contributed by atoms with Crippen molar-refractivity contribution in [1.29, 1.82) is 0 Å². The molecular formula is C29H32N6O6S. The molecule has 2 aromatic heterocycles. The molecule has 2 N–H and O–H groups in total. The summed E-state index contributed by atoms with van der Waals surface area (Å²) in [5, 5.41) is 11.3. The van der Waals surface area contributed by atoms with Crippen LogP contribution in [0.15, 0.2) is 55.0 Å². The number of ether oxygens (including phenoxy) is 2. The molecule has 13 heteroatoms. The van der Waals surface area contributed by atoms with Crippen molar-refractivity contribution in [3.05, 3.63) is 77.2 Å². The molecule has 0 aliphatic carbocycles. The molecule has 42 heavy (non-hydrogen) atoms. The van der Waals surface area contributed by atoms with E-state index in [0.717, 1.165) is 17.4 Å². The van der Waals surface area contributed by atoms with Crippen LogP contribution in [0.5, 0.6) is 5.75 Å². The van der Waals surface area contributed by atoms with Crippen molar-refractivity contribution in [3.63, 3.8) is 0 Å². The molecular weight excluding hydrogens is 560 g/mol. The van der Waals surface area contributed by atoms with Gasteiger partial charge in [-0.15, -0.1) is 5.10 Å². The number of sulfonamides is 1. The maximum absolute atomic E-state index is 13.5. The van der Waals surface area contributed by atoms with Crippen molar-refractivity contribution < 1.29 is 27.5 Å².